The number of carbonyl (C=O) groups is 1. The Labute approximate surface area is 110 Å². The van der Waals surface area contributed by atoms with Gasteiger partial charge in [0.25, 0.3) is 5.91 Å². The molecule has 0 aliphatic heterocycles. The van der Waals surface area contributed by atoms with Gasteiger partial charge in [0.15, 0.2) is 6.67 Å². The second-order valence-corrected chi connectivity index (χ2v) is 4.09. The lowest BCUT2D eigenvalue weighted by molar-refractivity contribution is -0.117. The molecule has 0 radical (unpaired) electrons. The van der Waals surface area contributed by atoms with Crippen LogP contribution in [-0.4, -0.2) is 17.7 Å². The van der Waals surface area contributed by atoms with Crippen molar-refractivity contribution in [2.75, 3.05) is 12.0 Å². The Morgan fingerprint density at radius 1 is 1.16 bits per heavy atom. The molecule has 2 N–H and O–H groups in total. The quantitative estimate of drug-likeness (QED) is 0.887. The Bertz CT molecular complexity index is 584. The highest BCUT2D eigenvalue weighted by Gasteiger charge is 2.08. The van der Waals surface area contributed by atoms with Gasteiger partial charge in [-0.1, -0.05) is 36.4 Å². The van der Waals surface area contributed by atoms with E-state index in [1.54, 1.807) is 12.1 Å². The zero-order valence-corrected chi connectivity index (χ0v) is 10.3. The van der Waals surface area contributed by atoms with Crippen molar-refractivity contribution in [3.8, 4) is 11.1 Å². The third kappa shape index (κ3) is 3.17. The molecular weight excluding hydrogens is 245 g/mol. The standard InChI is InChI=1S/C15H14FNO2/c16-9-15(19)17-14-7-2-1-6-13(14)12-5-3-4-11(8-12)10-18/h1-8,18H,9-10H2,(H,17,19). The summed E-state index contributed by atoms with van der Waals surface area (Å²) < 4.78 is 12.3. The molecule has 0 bridgehead atoms. The van der Waals surface area contributed by atoms with E-state index in [4.69, 9.17) is 5.11 Å². The van der Waals surface area contributed by atoms with Gasteiger partial charge in [-0.2, -0.15) is 0 Å². The Hall–Kier alpha value is -2.20. The highest BCUT2D eigenvalue weighted by Crippen LogP contribution is 2.28. The fraction of sp³-hybridized carbons (Fsp3) is 0.133. The van der Waals surface area contributed by atoms with Crippen molar-refractivity contribution in [2.45, 2.75) is 6.61 Å². The monoisotopic (exact) mass is 259 g/mol. The largest absolute Gasteiger partial charge is 0.392 e. The van der Waals surface area contributed by atoms with Crippen molar-refractivity contribution >= 4 is 11.6 Å². The van der Waals surface area contributed by atoms with Crippen molar-refractivity contribution < 1.29 is 14.3 Å². The Morgan fingerprint density at radius 2 is 1.95 bits per heavy atom. The smallest absolute Gasteiger partial charge is 0.255 e. The molecule has 2 aromatic rings. The summed E-state index contributed by atoms with van der Waals surface area (Å²) in [5, 5.41) is 11.7. The van der Waals surface area contributed by atoms with Crippen LogP contribution < -0.4 is 5.32 Å². The first kappa shape index (κ1) is 13.2. The van der Waals surface area contributed by atoms with E-state index in [9.17, 15) is 9.18 Å². The van der Waals surface area contributed by atoms with Gasteiger partial charge >= 0.3 is 0 Å². The van der Waals surface area contributed by atoms with E-state index >= 15 is 0 Å². The second kappa shape index (κ2) is 6.11. The predicted molar refractivity (Wildman–Crippen MR) is 72.4 cm³/mol. The average molecular weight is 259 g/mol. The summed E-state index contributed by atoms with van der Waals surface area (Å²) in [5.41, 5.74) is 2.99. The second-order valence-electron chi connectivity index (χ2n) is 4.09. The van der Waals surface area contributed by atoms with Crippen molar-refractivity contribution in [3.63, 3.8) is 0 Å². The van der Waals surface area contributed by atoms with Crippen LogP contribution in [0.4, 0.5) is 10.1 Å². The number of hydrogen-bond donors (Lipinski definition) is 2. The van der Waals surface area contributed by atoms with Gasteiger partial charge < -0.3 is 10.4 Å². The number of halogens is 1. The van der Waals surface area contributed by atoms with Crippen LogP contribution in [0.3, 0.4) is 0 Å². The van der Waals surface area contributed by atoms with Gasteiger partial charge in [0.05, 0.1) is 6.61 Å². The molecule has 0 atom stereocenters. The van der Waals surface area contributed by atoms with Crippen LogP contribution in [-0.2, 0) is 11.4 Å². The van der Waals surface area contributed by atoms with E-state index < -0.39 is 12.6 Å². The van der Waals surface area contributed by atoms with E-state index in [0.717, 1.165) is 16.7 Å². The highest BCUT2D eigenvalue weighted by molar-refractivity contribution is 5.96. The number of aliphatic hydroxyl groups is 1. The van der Waals surface area contributed by atoms with Crippen LogP contribution in [0.15, 0.2) is 48.5 Å². The van der Waals surface area contributed by atoms with Crippen LogP contribution in [0.2, 0.25) is 0 Å². The first-order valence-corrected chi connectivity index (χ1v) is 5.89. The van der Waals surface area contributed by atoms with Crippen molar-refractivity contribution in [3.05, 3.63) is 54.1 Å². The molecule has 4 heteroatoms. The van der Waals surface area contributed by atoms with Crippen LogP contribution in [0.5, 0.6) is 0 Å². The molecule has 0 spiro atoms. The third-order valence-electron chi connectivity index (χ3n) is 2.74. The normalized spacial score (nSPS) is 10.2. The van der Waals surface area contributed by atoms with E-state index in [2.05, 4.69) is 5.32 Å². The van der Waals surface area contributed by atoms with Crippen molar-refractivity contribution in [1.82, 2.24) is 0 Å². The third-order valence-corrected chi connectivity index (χ3v) is 2.74. The highest BCUT2D eigenvalue weighted by atomic mass is 19.1. The van der Waals surface area contributed by atoms with Crippen molar-refractivity contribution in [1.29, 1.82) is 0 Å². The first-order valence-electron chi connectivity index (χ1n) is 5.89. The van der Waals surface area contributed by atoms with E-state index in [1.165, 1.54) is 0 Å². The first-order chi connectivity index (χ1) is 9.24. The van der Waals surface area contributed by atoms with E-state index in [1.807, 2.05) is 36.4 Å². The number of hydrogen-bond acceptors (Lipinski definition) is 2. The molecule has 2 rings (SSSR count). The average Bonchev–Trinajstić information content (AvgIpc) is 2.47. The molecule has 2 aromatic carbocycles. The van der Waals surface area contributed by atoms with Gasteiger partial charge in [0, 0.05) is 11.3 Å². The van der Waals surface area contributed by atoms with Gasteiger partial charge in [-0.3, -0.25) is 4.79 Å². The van der Waals surface area contributed by atoms with Crippen LogP contribution >= 0.6 is 0 Å². The number of anilines is 1. The summed E-state index contributed by atoms with van der Waals surface area (Å²) in [6.45, 7) is -1.10. The van der Waals surface area contributed by atoms with Gasteiger partial charge in [-0.15, -0.1) is 0 Å². The summed E-state index contributed by atoms with van der Waals surface area (Å²) in [6, 6.07) is 14.5. The van der Waals surface area contributed by atoms with Crippen LogP contribution in [0, 0.1) is 0 Å². The lowest BCUT2D eigenvalue weighted by Crippen LogP contribution is -2.13. The minimum atomic E-state index is -1.05. The Kier molecular flexibility index (Phi) is 4.26. The van der Waals surface area contributed by atoms with Gasteiger partial charge in [-0.05, 0) is 23.3 Å². The van der Waals surface area contributed by atoms with E-state index in [0.29, 0.717) is 5.69 Å². The summed E-state index contributed by atoms with van der Waals surface area (Å²) in [4.78, 5) is 11.2. The summed E-state index contributed by atoms with van der Waals surface area (Å²) >= 11 is 0. The van der Waals surface area contributed by atoms with Crippen molar-refractivity contribution in [2.24, 2.45) is 0 Å². The number of carbonyl (C=O) groups excluding carboxylic acids is 1. The molecule has 19 heavy (non-hydrogen) atoms. The predicted octanol–water partition coefficient (Wildman–Crippen LogP) is 2.75. The Morgan fingerprint density at radius 3 is 2.68 bits per heavy atom. The molecule has 0 unspecified atom stereocenters. The molecule has 0 saturated carbocycles. The molecule has 0 aliphatic rings. The molecule has 0 fully saturated rings. The maximum Gasteiger partial charge on any atom is 0.255 e. The topological polar surface area (TPSA) is 49.3 Å². The number of alkyl halides is 1. The summed E-state index contributed by atoms with van der Waals surface area (Å²) in [7, 11) is 0. The lowest BCUT2D eigenvalue weighted by atomic mass is 10.0. The zero-order valence-electron chi connectivity index (χ0n) is 10.3. The Balaban J connectivity index is 2.40. The number of nitrogens with one attached hydrogen (secondary N) is 1. The molecule has 0 aliphatic carbocycles. The number of benzene rings is 2. The molecule has 1 amide bonds. The fourth-order valence-corrected chi connectivity index (χ4v) is 1.86. The molecular formula is C15H14FNO2. The summed E-state index contributed by atoms with van der Waals surface area (Å²) in [5.74, 6) is -0.675. The maximum atomic E-state index is 12.3. The number of rotatable bonds is 4. The van der Waals surface area contributed by atoms with Gasteiger partial charge in [-0.25, -0.2) is 4.39 Å². The summed E-state index contributed by atoms with van der Waals surface area (Å²) in [6.07, 6.45) is 0. The van der Waals surface area contributed by atoms with E-state index in [-0.39, 0.29) is 6.61 Å². The maximum absolute atomic E-state index is 12.3. The molecule has 0 aromatic heterocycles. The van der Waals surface area contributed by atoms with Gasteiger partial charge in [0.2, 0.25) is 0 Å². The zero-order chi connectivity index (χ0) is 13.7. The molecule has 0 heterocycles. The number of amides is 1. The van der Waals surface area contributed by atoms with Gasteiger partial charge in [0.1, 0.15) is 0 Å². The minimum Gasteiger partial charge on any atom is -0.392 e. The molecule has 0 saturated heterocycles. The lowest BCUT2D eigenvalue weighted by Gasteiger charge is -2.11. The number of aliphatic hydroxyl groups excluding tert-OH is 1. The minimum absolute atomic E-state index is 0.0488. The molecule has 3 nitrogen and oxygen atoms in total. The van der Waals surface area contributed by atoms with Crippen LogP contribution in [0.25, 0.3) is 11.1 Å². The van der Waals surface area contributed by atoms with Crippen LogP contribution in [0.1, 0.15) is 5.56 Å². The fourth-order valence-electron chi connectivity index (χ4n) is 1.86. The number of para-hydroxylation sites is 1. The molecule has 98 valence electrons. The SMILES string of the molecule is O=C(CF)Nc1ccccc1-c1cccc(CO)c1.